The zero-order valence-corrected chi connectivity index (χ0v) is 15.3. The SMILES string of the molecule is COc1ccc2c(c1)CCCN2C(=O)CSc1ccccc1Br. The van der Waals surface area contributed by atoms with Gasteiger partial charge in [-0.05, 0) is 64.7 Å². The van der Waals surface area contributed by atoms with E-state index in [-0.39, 0.29) is 5.91 Å². The van der Waals surface area contributed by atoms with Gasteiger partial charge in [0, 0.05) is 21.6 Å². The first kappa shape index (κ1) is 16.4. The molecule has 0 N–H and O–H groups in total. The van der Waals surface area contributed by atoms with Crippen molar-refractivity contribution >= 4 is 39.3 Å². The van der Waals surface area contributed by atoms with Crippen molar-refractivity contribution in [3.05, 3.63) is 52.5 Å². The number of ether oxygens (including phenoxy) is 1. The lowest BCUT2D eigenvalue weighted by Crippen LogP contribution is -2.36. The Morgan fingerprint density at radius 3 is 2.91 bits per heavy atom. The molecule has 0 saturated carbocycles. The van der Waals surface area contributed by atoms with Crippen molar-refractivity contribution in [1.82, 2.24) is 0 Å². The van der Waals surface area contributed by atoms with Crippen molar-refractivity contribution in [2.24, 2.45) is 0 Å². The summed E-state index contributed by atoms with van der Waals surface area (Å²) >= 11 is 5.09. The van der Waals surface area contributed by atoms with Crippen LogP contribution in [0.5, 0.6) is 5.75 Å². The largest absolute Gasteiger partial charge is 0.497 e. The highest BCUT2D eigenvalue weighted by molar-refractivity contribution is 9.10. The van der Waals surface area contributed by atoms with Crippen LogP contribution in [0.2, 0.25) is 0 Å². The van der Waals surface area contributed by atoms with Gasteiger partial charge in [-0.3, -0.25) is 4.79 Å². The number of benzene rings is 2. The molecule has 120 valence electrons. The van der Waals surface area contributed by atoms with Crippen LogP contribution in [0.3, 0.4) is 0 Å². The number of aryl methyl sites for hydroxylation is 1. The summed E-state index contributed by atoms with van der Waals surface area (Å²) in [6.45, 7) is 0.786. The number of halogens is 1. The van der Waals surface area contributed by atoms with Crippen LogP contribution in [0.4, 0.5) is 5.69 Å². The molecule has 0 aromatic heterocycles. The first-order chi connectivity index (χ1) is 11.2. The zero-order valence-electron chi connectivity index (χ0n) is 12.9. The summed E-state index contributed by atoms with van der Waals surface area (Å²) in [6, 6.07) is 13.9. The van der Waals surface area contributed by atoms with Crippen LogP contribution < -0.4 is 9.64 Å². The van der Waals surface area contributed by atoms with Crippen molar-refractivity contribution in [2.45, 2.75) is 17.7 Å². The topological polar surface area (TPSA) is 29.5 Å². The lowest BCUT2D eigenvalue weighted by molar-refractivity contribution is -0.116. The van der Waals surface area contributed by atoms with Crippen LogP contribution in [0.15, 0.2) is 51.8 Å². The summed E-state index contributed by atoms with van der Waals surface area (Å²) in [4.78, 5) is 15.7. The molecular formula is C18H18BrNO2S. The van der Waals surface area contributed by atoms with Crippen molar-refractivity contribution in [2.75, 3.05) is 24.3 Å². The minimum Gasteiger partial charge on any atom is -0.497 e. The summed E-state index contributed by atoms with van der Waals surface area (Å²) in [7, 11) is 1.67. The number of rotatable bonds is 4. The van der Waals surface area contributed by atoms with Gasteiger partial charge in [-0.25, -0.2) is 0 Å². The van der Waals surface area contributed by atoms with Crippen LogP contribution in [0.1, 0.15) is 12.0 Å². The Labute approximate surface area is 149 Å². The van der Waals surface area contributed by atoms with Gasteiger partial charge in [-0.15, -0.1) is 11.8 Å². The minimum absolute atomic E-state index is 0.150. The molecule has 0 aliphatic carbocycles. The van der Waals surface area contributed by atoms with Gasteiger partial charge in [-0.1, -0.05) is 12.1 Å². The molecule has 0 atom stereocenters. The fraction of sp³-hybridized carbons (Fsp3) is 0.278. The molecule has 3 rings (SSSR count). The predicted molar refractivity (Wildman–Crippen MR) is 98.5 cm³/mol. The first-order valence-electron chi connectivity index (χ1n) is 7.53. The fourth-order valence-corrected chi connectivity index (χ4v) is 4.18. The maximum absolute atomic E-state index is 12.7. The second-order valence-corrected chi connectivity index (χ2v) is 7.23. The molecule has 1 heterocycles. The number of hydrogen-bond donors (Lipinski definition) is 0. The molecule has 0 fully saturated rings. The normalized spacial score (nSPS) is 13.6. The van der Waals surface area contributed by atoms with Gasteiger partial charge in [0.2, 0.25) is 5.91 Å². The van der Waals surface area contributed by atoms with Crippen LogP contribution in [-0.4, -0.2) is 25.3 Å². The maximum Gasteiger partial charge on any atom is 0.237 e. The Hall–Kier alpha value is -1.46. The highest BCUT2D eigenvalue weighted by Crippen LogP contribution is 2.32. The summed E-state index contributed by atoms with van der Waals surface area (Å²) in [5, 5.41) is 0. The Balaban J connectivity index is 1.73. The molecule has 1 amide bonds. The number of carbonyl (C=O) groups excluding carboxylic acids is 1. The van der Waals surface area contributed by atoms with Gasteiger partial charge < -0.3 is 9.64 Å². The number of hydrogen-bond acceptors (Lipinski definition) is 3. The van der Waals surface area contributed by atoms with Crippen molar-refractivity contribution in [1.29, 1.82) is 0 Å². The van der Waals surface area contributed by atoms with E-state index >= 15 is 0 Å². The van der Waals surface area contributed by atoms with Crippen molar-refractivity contribution in [3.8, 4) is 5.75 Å². The molecule has 2 aromatic carbocycles. The molecule has 0 radical (unpaired) electrons. The lowest BCUT2D eigenvalue weighted by atomic mass is 10.0. The van der Waals surface area contributed by atoms with Crippen LogP contribution >= 0.6 is 27.7 Å². The Morgan fingerprint density at radius 1 is 1.30 bits per heavy atom. The third-order valence-electron chi connectivity index (χ3n) is 3.89. The van der Waals surface area contributed by atoms with Gasteiger partial charge in [0.05, 0.1) is 12.9 Å². The van der Waals surface area contributed by atoms with E-state index < -0.39 is 0 Å². The fourth-order valence-electron chi connectivity index (χ4n) is 2.74. The predicted octanol–water partition coefficient (Wildman–Crippen LogP) is 4.53. The van der Waals surface area contributed by atoms with E-state index in [1.807, 2.05) is 47.4 Å². The van der Waals surface area contributed by atoms with Gasteiger partial charge >= 0.3 is 0 Å². The molecule has 0 unspecified atom stereocenters. The van der Waals surface area contributed by atoms with E-state index in [0.717, 1.165) is 40.2 Å². The third kappa shape index (κ3) is 3.72. The molecule has 23 heavy (non-hydrogen) atoms. The molecule has 0 saturated heterocycles. The molecular weight excluding hydrogens is 374 g/mol. The maximum atomic E-state index is 12.7. The first-order valence-corrected chi connectivity index (χ1v) is 9.31. The number of amides is 1. The Kier molecular flexibility index (Phi) is 5.28. The summed E-state index contributed by atoms with van der Waals surface area (Å²) in [5.74, 6) is 1.44. The molecule has 0 spiro atoms. The number of fused-ring (bicyclic) bond motifs is 1. The van der Waals surface area contributed by atoms with Gasteiger partial charge in [0.15, 0.2) is 0 Å². The molecule has 5 heteroatoms. The average molecular weight is 392 g/mol. The highest BCUT2D eigenvalue weighted by atomic mass is 79.9. The third-order valence-corrected chi connectivity index (χ3v) is 5.91. The number of carbonyl (C=O) groups is 1. The second-order valence-electron chi connectivity index (χ2n) is 5.36. The van der Waals surface area contributed by atoms with E-state index in [1.165, 1.54) is 5.56 Å². The molecule has 0 bridgehead atoms. The Morgan fingerprint density at radius 2 is 2.13 bits per heavy atom. The number of nitrogens with zero attached hydrogens (tertiary/aromatic N) is 1. The average Bonchev–Trinajstić information content (AvgIpc) is 2.59. The molecule has 3 nitrogen and oxygen atoms in total. The van der Waals surface area contributed by atoms with E-state index in [4.69, 9.17) is 4.74 Å². The van der Waals surface area contributed by atoms with Crippen LogP contribution in [0, 0.1) is 0 Å². The van der Waals surface area contributed by atoms with E-state index in [1.54, 1.807) is 18.9 Å². The second kappa shape index (κ2) is 7.41. The minimum atomic E-state index is 0.150. The van der Waals surface area contributed by atoms with Gasteiger partial charge in [-0.2, -0.15) is 0 Å². The van der Waals surface area contributed by atoms with Crippen LogP contribution in [-0.2, 0) is 11.2 Å². The van der Waals surface area contributed by atoms with Crippen molar-refractivity contribution in [3.63, 3.8) is 0 Å². The van der Waals surface area contributed by atoms with Gasteiger partial charge in [0.1, 0.15) is 5.75 Å². The standard InChI is InChI=1S/C18H18BrNO2S/c1-22-14-8-9-16-13(11-14)5-4-10-20(16)18(21)12-23-17-7-3-2-6-15(17)19/h2-3,6-9,11H,4-5,10,12H2,1H3. The van der Waals surface area contributed by atoms with E-state index in [9.17, 15) is 4.79 Å². The monoisotopic (exact) mass is 391 g/mol. The summed E-state index contributed by atoms with van der Waals surface area (Å²) in [5.41, 5.74) is 2.21. The van der Waals surface area contributed by atoms with Gasteiger partial charge in [0.25, 0.3) is 0 Å². The molecule has 1 aliphatic rings. The van der Waals surface area contributed by atoms with E-state index in [0.29, 0.717) is 5.75 Å². The summed E-state index contributed by atoms with van der Waals surface area (Å²) in [6.07, 6.45) is 1.99. The number of thioether (sulfide) groups is 1. The quantitative estimate of drug-likeness (QED) is 0.717. The lowest BCUT2D eigenvalue weighted by Gasteiger charge is -2.29. The molecule has 1 aliphatic heterocycles. The smallest absolute Gasteiger partial charge is 0.237 e. The van der Waals surface area contributed by atoms with Crippen LogP contribution in [0.25, 0.3) is 0 Å². The Bertz CT molecular complexity index is 720. The summed E-state index contributed by atoms with van der Waals surface area (Å²) < 4.78 is 6.31. The highest BCUT2D eigenvalue weighted by Gasteiger charge is 2.23. The molecule has 2 aromatic rings. The zero-order chi connectivity index (χ0) is 16.2. The van der Waals surface area contributed by atoms with Crippen molar-refractivity contribution < 1.29 is 9.53 Å². The number of methoxy groups -OCH3 is 1. The van der Waals surface area contributed by atoms with E-state index in [2.05, 4.69) is 15.9 Å². The number of anilines is 1.